The lowest BCUT2D eigenvalue weighted by Crippen LogP contribution is -2.52. The molecule has 3 aliphatic rings. The predicted octanol–water partition coefficient (Wildman–Crippen LogP) is 3.09. The highest BCUT2D eigenvalue weighted by Crippen LogP contribution is 2.21. The number of piperidine rings is 2. The molecular formula is C18H35Cl2N3O. The van der Waals surface area contributed by atoms with Gasteiger partial charge in [-0.1, -0.05) is 19.3 Å². The average molecular weight is 380 g/mol. The first-order chi connectivity index (χ1) is 10.8. The van der Waals surface area contributed by atoms with Crippen molar-refractivity contribution in [2.75, 3.05) is 39.3 Å². The van der Waals surface area contributed by atoms with Gasteiger partial charge < -0.3 is 15.1 Å². The zero-order valence-corrected chi connectivity index (χ0v) is 16.5. The monoisotopic (exact) mass is 379 g/mol. The van der Waals surface area contributed by atoms with Gasteiger partial charge in [0.05, 0.1) is 6.04 Å². The number of rotatable bonds is 3. The molecule has 0 aromatic carbocycles. The van der Waals surface area contributed by atoms with E-state index in [-0.39, 0.29) is 30.9 Å². The zero-order valence-electron chi connectivity index (χ0n) is 14.9. The lowest BCUT2D eigenvalue weighted by Gasteiger charge is -2.38. The molecule has 3 saturated heterocycles. The van der Waals surface area contributed by atoms with Crippen molar-refractivity contribution in [1.29, 1.82) is 0 Å². The van der Waals surface area contributed by atoms with Crippen LogP contribution in [0, 0.1) is 5.92 Å². The second-order valence-corrected chi connectivity index (χ2v) is 7.51. The molecule has 0 aromatic rings. The number of hydrogen-bond donors (Lipinski definition) is 1. The molecule has 3 rings (SSSR count). The molecule has 0 saturated carbocycles. The number of hydrogen-bond acceptors (Lipinski definition) is 3. The normalized spacial score (nSPS) is 29.1. The molecule has 1 unspecified atom stereocenters. The molecule has 142 valence electrons. The fourth-order valence-electron chi connectivity index (χ4n) is 4.38. The maximum atomic E-state index is 12.7. The Bertz CT molecular complexity index is 356. The van der Waals surface area contributed by atoms with E-state index in [0.29, 0.717) is 11.8 Å². The molecular weight excluding hydrogens is 345 g/mol. The Hall–Kier alpha value is -0.0300. The van der Waals surface area contributed by atoms with Crippen molar-refractivity contribution in [2.45, 2.75) is 63.8 Å². The molecule has 0 aliphatic carbocycles. The first-order valence-electron chi connectivity index (χ1n) is 9.57. The zero-order chi connectivity index (χ0) is 15.2. The van der Waals surface area contributed by atoms with E-state index < -0.39 is 0 Å². The van der Waals surface area contributed by atoms with Crippen molar-refractivity contribution >= 4 is 30.7 Å². The minimum atomic E-state index is 0. The average Bonchev–Trinajstić information content (AvgIpc) is 2.84. The van der Waals surface area contributed by atoms with Gasteiger partial charge in [-0.25, -0.2) is 0 Å². The number of amides is 1. The third-order valence-corrected chi connectivity index (χ3v) is 5.65. The van der Waals surface area contributed by atoms with Gasteiger partial charge in [0, 0.05) is 19.6 Å². The van der Waals surface area contributed by atoms with Crippen molar-refractivity contribution < 1.29 is 4.79 Å². The minimum Gasteiger partial charge on any atom is -0.341 e. The second-order valence-electron chi connectivity index (χ2n) is 7.51. The van der Waals surface area contributed by atoms with Gasteiger partial charge >= 0.3 is 0 Å². The fraction of sp³-hybridized carbons (Fsp3) is 0.944. The van der Waals surface area contributed by atoms with E-state index >= 15 is 0 Å². The molecule has 0 aromatic heterocycles. The quantitative estimate of drug-likeness (QED) is 0.817. The molecule has 3 aliphatic heterocycles. The number of nitrogens with one attached hydrogen (secondary N) is 1. The van der Waals surface area contributed by atoms with Gasteiger partial charge in [0.1, 0.15) is 0 Å². The SMILES string of the molecule is Cl.Cl.O=C([C@H]1CCCCN1)N1CCCC(CN2CCCCCC2)C1. The van der Waals surface area contributed by atoms with E-state index in [9.17, 15) is 4.79 Å². The Morgan fingerprint density at radius 3 is 2.29 bits per heavy atom. The van der Waals surface area contributed by atoms with Crippen molar-refractivity contribution in [3.63, 3.8) is 0 Å². The van der Waals surface area contributed by atoms with Crippen LogP contribution < -0.4 is 5.32 Å². The van der Waals surface area contributed by atoms with E-state index in [4.69, 9.17) is 0 Å². The summed E-state index contributed by atoms with van der Waals surface area (Å²) in [6.45, 7) is 6.74. The Kier molecular flexibility index (Phi) is 10.6. The highest BCUT2D eigenvalue weighted by Gasteiger charge is 2.30. The Morgan fingerprint density at radius 2 is 1.62 bits per heavy atom. The standard InChI is InChI=1S/C18H33N3O.2ClH/c22-18(17-9-3-4-10-19-17)21-13-7-8-16(15-21)14-20-11-5-1-2-6-12-20;;/h16-17,19H,1-15H2;2*1H/t16?,17-;;/m1../s1. The van der Waals surface area contributed by atoms with E-state index in [1.807, 2.05) is 0 Å². The molecule has 1 N–H and O–H groups in total. The first-order valence-corrected chi connectivity index (χ1v) is 9.57. The highest BCUT2D eigenvalue weighted by atomic mass is 35.5. The molecule has 4 nitrogen and oxygen atoms in total. The van der Waals surface area contributed by atoms with Gasteiger partial charge in [0.15, 0.2) is 0 Å². The summed E-state index contributed by atoms with van der Waals surface area (Å²) in [5, 5.41) is 3.42. The molecule has 6 heteroatoms. The van der Waals surface area contributed by atoms with Crippen molar-refractivity contribution in [2.24, 2.45) is 5.92 Å². The van der Waals surface area contributed by atoms with Crippen LogP contribution in [0.25, 0.3) is 0 Å². The van der Waals surface area contributed by atoms with Crippen LogP contribution in [-0.4, -0.2) is 61.0 Å². The smallest absolute Gasteiger partial charge is 0.239 e. The van der Waals surface area contributed by atoms with Gasteiger partial charge in [-0.3, -0.25) is 4.79 Å². The number of likely N-dealkylation sites (tertiary alicyclic amines) is 2. The number of halogens is 2. The van der Waals surface area contributed by atoms with Gasteiger partial charge in [-0.05, 0) is 64.1 Å². The van der Waals surface area contributed by atoms with E-state index in [0.717, 1.165) is 26.1 Å². The summed E-state index contributed by atoms with van der Waals surface area (Å²) in [5.41, 5.74) is 0. The summed E-state index contributed by atoms with van der Waals surface area (Å²) in [6, 6.07) is 0.102. The third kappa shape index (κ3) is 6.36. The Balaban J connectivity index is 0.00000144. The topological polar surface area (TPSA) is 35.6 Å². The minimum absolute atomic E-state index is 0. The van der Waals surface area contributed by atoms with Crippen molar-refractivity contribution in [3.05, 3.63) is 0 Å². The lowest BCUT2D eigenvalue weighted by molar-refractivity contribution is -0.136. The maximum absolute atomic E-state index is 12.7. The Labute approximate surface area is 159 Å². The van der Waals surface area contributed by atoms with Crippen LogP contribution in [0.3, 0.4) is 0 Å². The van der Waals surface area contributed by atoms with E-state index in [1.54, 1.807) is 0 Å². The number of carbonyl (C=O) groups is 1. The summed E-state index contributed by atoms with van der Waals surface area (Å²) in [5.74, 6) is 1.07. The summed E-state index contributed by atoms with van der Waals surface area (Å²) >= 11 is 0. The van der Waals surface area contributed by atoms with Crippen LogP contribution >= 0.6 is 24.8 Å². The predicted molar refractivity (Wildman–Crippen MR) is 104 cm³/mol. The van der Waals surface area contributed by atoms with Gasteiger partial charge in [-0.15, -0.1) is 24.8 Å². The van der Waals surface area contributed by atoms with Crippen LogP contribution in [0.2, 0.25) is 0 Å². The number of carbonyl (C=O) groups excluding carboxylic acids is 1. The van der Waals surface area contributed by atoms with Crippen LogP contribution in [0.1, 0.15) is 57.8 Å². The van der Waals surface area contributed by atoms with Crippen LogP contribution in [-0.2, 0) is 4.79 Å². The molecule has 3 heterocycles. The highest BCUT2D eigenvalue weighted by molar-refractivity contribution is 5.85. The van der Waals surface area contributed by atoms with Gasteiger partial charge in [0.25, 0.3) is 0 Å². The van der Waals surface area contributed by atoms with Crippen molar-refractivity contribution in [3.8, 4) is 0 Å². The van der Waals surface area contributed by atoms with Gasteiger partial charge in [0.2, 0.25) is 5.91 Å². The second kappa shape index (κ2) is 11.6. The molecule has 0 bridgehead atoms. The third-order valence-electron chi connectivity index (χ3n) is 5.65. The van der Waals surface area contributed by atoms with Gasteiger partial charge in [-0.2, -0.15) is 0 Å². The van der Waals surface area contributed by atoms with Crippen molar-refractivity contribution in [1.82, 2.24) is 15.1 Å². The largest absolute Gasteiger partial charge is 0.341 e. The molecule has 0 spiro atoms. The summed E-state index contributed by atoms with van der Waals surface area (Å²) in [4.78, 5) is 17.5. The fourth-order valence-corrected chi connectivity index (χ4v) is 4.38. The summed E-state index contributed by atoms with van der Waals surface area (Å²) < 4.78 is 0. The maximum Gasteiger partial charge on any atom is 0.239 e. The van der Waals surface area contributed by atoms with Crippen LogP contribution in [0.15, 0.2) is 0 Å². The molecule has 0 radical (unpaired) electrons. The summed E-state index contributed by atoms with van der Waals surface area (Å²) in [6.07, 6.45) is 11.5. The van der Waals surface area contributed by atoms with E-state index in [2.05, 4.69) is 15.1 Å². The number of nitrogens with zero attached hydrogens (tertiary/aromatic N) is 2. The first kappa shape index (κ1) is 22.0. The van der Waals surface area contributed by atoms with Crippen LogP contribution in [0.5, 0.6) is 0 Å². The van der Waals surface area contributed by atoms with E-state index in [1.165, 1.54) is 71.0 Å². The summed E-state index contributed by atoms with van der Waals surface area (Å²) in [7, 11) is 0. The molecule has 24 heavy (non-hydrogen) atoms. The molecule has 3 fully saturated rings. The molecule has 2 atom stereocenters. The lowest BCUT2D eigenvalue weighted by atomic mass is 9.95. The Morgan fingerprint density at radius 1 is 0.875 bits per heavy atom. The molecule has 1 amide bonds. The van der Waals surface area contributed by atoms with Crippen LogP contribution in [0.4, 0.5) is 0 Å².